The van der Waals surface area contributed by atoms with Gasteiger partial charge >= 0.3 is 0 Å². The molecule has 0 unspecified atom stereocenters. The van der Waals surface area contributed by atoms with Gasteiger partial charge in [-0.25, -0.2) is 0 Å². The molecule has 2 aromatic heterocycles. The first-order chi connectivity index (χ1) is 13.2. The van der Waals surface area contributed by atoms with Crippen LogP contribution in [-0.2, 0) is 30.8 Å². The number of carbonyl (C=O) groups excluding carboxylic acids is 2. The predicted molar refractivity (Wildman–Crippen MR) is 96.7 cm³/mol. The van der Waals surface area contributed by atoms with Gasteiger partial charge < -0.3 is 14.7 Å². The van der Waals surface area contributed by atoms with Crippen LogP contribution in [0.3, 0.4) is 0 Å². The fourth-order valence-corrected chi connectivity index (χ4v) is 3.68. The summed E-state index contributed by atoms with van der Waals surface area (Å²) in [5.41, 5.74) is 2.30. The lowest BCUT2D eigenvalue weighted by Gasteiger charge is -2.30. The Morgan fingerprint density at radius 3 is 2.89 bits per heavy atom. The molecule has 1 aliphatic carbocycles. The summed E-state index contributed by atoms with van der Waals surface area (Å²) in [6.45, 7) is 4.44. The van der Waals surface area contributed by atoms with Gasteiger partial charge in [-0.05, 0) is 25.3 Å². The summed E-state index contributed by atoms with van der Waals surface area (Å²) in [5.74, 6) is 0.871. The van der Waals surface area contributed by atoms with E-state index in [9.17, 15) is 9.59 Å². The Morgan fingerprint density at radius 2 is 2.15 bits per heavy atom. The standard InChI is InChI=1S/C19H25N5O3/c1-2-17-16(11-21-27-17)18(25)20-10-14-9-15-12-23(7-4-8-24(15)22-14)19(26)13-5-3-6-13/h9,11,13H,2-8,10,12H2,1H3,(H,20,25). The fraction of sp³-hybridized carbons (Fsp3) is 0.579. The Morgan fingerprint density at radius 1 is 1.30 bits per heavy atom. The summed E-state index contributed by atoms with van der Waals surface area (Å²) >= 11 is 0. The van der Waals surface area contributed by atoms with E-state index in [1.54, 1.807) is 0 Å². The lowest BCUT2D eigenvalue weighted by Crippen LogP contribution is -2.38. The number of nitrogens with zero attached hydrogens (tertiary/aromatic N) is 4. The number of amides is 2. The van der Waals surface area contributed by atoms with Crippen molar-refractivity contribution in [1.82, 2.24) is 25.2 Å². The molecule has 8 nitrogen and oxygen atoms in total. The molecule has 1 N–H and O–H groups in total. The van der Waals surface area contributed by atoms with Gasteiger partial charge in [0.05, 0.1) is 30.7 Å². The molecule has 8 heteroatoms. The number of hydrogen-bond donors (Lipinski definition) is 1. The van der Waals surface area contributed by atoms with Crippen molar-refractivity contribution in [3.8, 4) is 0 Å². The second kappa shape index (κ2) is 7.54. The number of aryl methyl sites for hydroxylation is 2. The Hall–Kier alpha value is -2.64. The summed E-state index contributed by atoms with van der Waals surface area (Å²) in [5, 5.41) is 11.2. The number of hydrogen-bond acceptors (Lipinski definition) is 5. The highest BCUT2D eigenvalue weighted by atomic mass is 16.5. The van der Waals surface area contributed by atoms with Gasteiger partial charge in [0.15, 0.2) is 0 Å². The maximum absolute atomic E-state index is 12.6. The van der Waals surface area contributed by atoms with E-state index >= 15 is 0 Å². The van der Waals surface area contributed by atoms with E-state index in [0.717, 1.165) is 50.2 Å². The molecule has 144 valence electrons. The maximum atomic E-state index is 12.6. The van der Waals surface area contributed by atoms with Crippen molar-refractivity contribution in [3.05, 3.63) is 35.0 Å². The monoisotopic (exact) mass is 371 g/mol. The third-order valence-corrected chi connectivity index (χ3v) is 5.47. The second-order valence-electron chi connectivity index (χ2n) is 7.29. The molecule has 1 aliphatic heterocycles. The molecule has 2 amide bonds. The zero-order valence-corrected chi connectivity index (χ0v) is 15.6. The minimum Gasteiger partial charge on any atom is -0.361 e. The average molecular weight is 371 g/mol. The molecule has 0 bridgehead atoms. The summed E-state index contributed by atoms with van der Waals surface area (Å²) in [4.78, 5) is 26.9. The van der Waals surface area contributed by atoms with Gasteiger partial charge in [-0.1, -0.05) is 18.5 Å². The van der Waals surface area contributed by atoms with Crippen molar-refractivity contribution in [2.24, 2.45) is 5.92 Å². The molecule has 27 heavy (non-hydrogen) atoms. The Labute approximate surface area is 157 Å². The van der Waals surface area contributed by atoms with Crippen molar-refractivity contribution < 1.29 is 14.1 Å². The molecule has 1 fully saturated rings. The Kier molecular flexibility index (Phi) is 4.96. The summed E-state index contributed by atoms with van der Waals surface area (Å²) in [6.07, 6.45) is 6.17. The van der Waals surface area contributed by atoms with Gasteiger partial charge in [-0.3, -0.25) is 14.3 Å². The third-order valence-electron chi connectivity index (χ3n) is 5.47. The quantitative estimate of drug-likeness (QED) is 0.866. The molecule has 0 atom stereocenters. The number of nitrogens with one attached hydrogen (secondary N) is 1. The van der Waals surface area contributed by atoms with Crippen LogP contribution in [0.5, 0.6) is 0 Å². The zero-order chi connectivity index (χ0) is 18.8. The predicted octanol–water partition coefficient (Wildman–Crippen LogP) is 1.90. The van der Waals surface area contributed by atoms with Gasteiger partial charge in [-0.2, -0.15) is 5.10 Å². The first-order valence-corrected chi connectivity index (χ1v) is 9.72. The fourth-order valence-electron chi connectivity index (χ4n) is 3.68. The van der Waals surface area contributed by atoms with Gasteiger partial charge in [0.25, 0.3) is 5.91 Å². The van der Waals surface area contributed by atoms with E-state index in [1.165, 1.54) is 6.20 Å². The van der Waals surface area contributed by atoms with Gasteiger partial charge in [0, 0.05) is 25.4 Å². The van der Waals surface area contributed by atoms with E-state index in [2.05, 4.69) is 15.6 Å². The summed E-state index contributed by atoms with van der Waals surface area (Å²) < 4.78 is 7.03. The van der Waals surface area contributed by atoms with Crippen LogP contribution in [0.4, 0.5) is 0 Å². The molecule has 2 aromatic rings. The highest BCUT2D eigenvalue weighted by Gasteiger charge is 2.30. The first kappa shape index (κ1) is 17.8. The smallest absolute Gasteiger partial charge is 0.256 e. The lowest BCUT2D eigenvalue weighted by atomic mass is 9.84. The molecule has 0 spiro atoms. The highest BCUT2D eigenvalue weighted by Crippen LogP contribution is 2.29. The molecule has 2 aliphatic rings. The number of rotatable bonds is 5. The molecule has 4 rings (SSSR count). The third kappa shape index (κ3) is 3.61. The van der Waals surface area contributed by atoms with E-state index in [1.807, 2.05) is 22.6 Å². The molecule has 0 aromatic carbocycles. The van der Waals surface area contributed by atoms with Crippen molar-refractivity contribution >= 4 is 11.8 Å². The van der Waals surface area contributed by atoms with Crippen LogP contribution >= 0.6 is 0 Å². The van der Waals surface area contributed by atoms with Gasteiger partial charge in [0.2, 0.25) is 5.91 Å². The lowest BCUT2D eigenvalue weighted by molar-refractivity contribution is -0.138. The molecule has 3 heterocycles. The number of fused-ring (bicyclic) bond motifs is 1. The Balaban J connectivity index is 1.40. The van der Waals surface area contributed by atoms with Gasteiger partial charge in [-0.15, -0.1) is 0 Å². The van der Waals surface area contributed by atoms with Crippen LogP contribution in [0.2, 0.25) is 0 Å². The van der Waals surface area contributed by atoms with Crippen LogP contribution < -0.4 is 5.32 Å². The highest BCUT2D eigenvalue weighted by molar-refractivity contribution is 5.94. The molecular formula is C19H25N5O3. The van der Waals surface area contributed by atoms with E-state index in [0.29, 0.717) is 30.8 Å². The van der Waals surface area contributed by atoms with E-state index in [4.69, 9.17) is 4.52 Å². The minimum atomic E-state index is -0.210. The van der Waals surface area contributed by atoms with E-state index < -0.39 is 0 Å². The second-order valence-corrected chi connectivity index (χ2v) is 7.29. The minimum absolute atomic E-state index is 0.210. The van der Waals surface area contributed by atoms with Crippen LogP contribution in [0.1, 0.15) is 60.1 Å². The molecular weight excluding hydrogens is 346 g/mol. The average Bonchev–Trinajstić information content (AvgIpc) is 3.20. The first-order valence-electron chi connectivity index (χ1n) is 9.72. The normalized spacial score (nSPS) is 17.1. The summed E-state index contributed by atoms with van der Waals surface area (Å²) in [6, 6.07) is 1.99. The van der Waals surface area contributed by atoms with E-state index in [-0.39, 0.29) is 17.7 Å². The molecule has 0 radical (unpaired) electrons. The topological polar surface area (TPSA) is 93.3 Å². The number of carbonyl (C=O) groups is 2. The molecule has 1 saturated carbocycles. The van der Waals surface area contributed by atoms with Crippen molar-refractivity contribution in [2.45, 2.75) is 58.7 Å². The van der Waals surface area contributed by atoms with Crippen molar-refractivity contribution in [1.29, 1.82) is 0 Å². The summed E-state index contributed by atoms with van der Waals surface area (Å²) in [7, 11) is 0. The Bertz CT molecular complexity index is 836. The maximum Gasteiger partial charge on any atom is 0.256 e. The number of aromatic nitrogens is 3. The van der Waals surface area contributed by atoms with Crippen LogP contribution in [0.15, 0.2) is 16.8 Å². The SMILES string of the molecule is CCc1oncc1C(=O)NCc1cc2n(n1)CCCN(C(=O)C1CCC1)C2. The van der Waals surface area contributed by atoms with Gasteiger partial charge in [0.1, 0.15) is 11.3 Å². The van der Waals surface area contributed by atoms with Crippen LogP contribution in [0.25, 0.3) is 0 Å². The van der Waals surface area contributed by atoms with Crippen molar-refractivity contribution in [2.75, 3.05) is 6.54 Å². The zero-order valence-electron chi connectivity index (χ0n) is 15.6. The van der Waals surface area contributed by atoms with Crippen molar-refractivity contribution in [3.63, 3.8) is 0 Å². The van der Waals surface area contributed by atoms with Crippen LogP contribution in [-0.4, -0.2) is 38.2 Å². The van der Waals surface area contributed by atoms with Crippen LogP contribution in [0, 0.1) is 5.92 Å². The molecule has 0 saturated heterocycles. The largest absolute Gasteiger partial charge is 0.361 e.